The van der Waals surface area contributed by atoms with Crippen molar-refractivity contribution in [3.8, 4) is 141 Å². The third-order valence-corrected chi connectivity index (χ3v) is 19.4. The SMILES string of the molecule is Cc1nc(-c2ccc(-c3ccccc3)cc2)cc(-c2ccc(-c3ccccc3)cc2)n1.Cc1nc(-c2ccc(-c3ccccc3)cc2)nc(-c2ccc(-c3ccccc3)cc2)n1.Cc1nc(-c2ccccc2)cc(-n2c3ccccc3c3ccccc32)n1.Cc1nc(-c2ccccc2)nc(-c2ccc(-c3ccccc3)cc2)n1. The maximum atomic E-state index is 4.76. The van der Waals surface area contributed by atoms with E-state index in [0.717, 1.165) is 90.4 Å². The van der Waals surface area contributed by atoms with E-state index in [1.54, 1.807) is 0 Å². The molecular weight excluding hydrogens is 1380 g/mol. The van der Waals surface area contributed by atoms with Crippen LogP contribution >= 0.6 is 0 Å². The van der Waals surface area contributed by atoms with Crippen LogP contribution in [0.1, 0.15) is 23.3 Å². The van der Waals surface area contributed by atoms with Crippen molar-refractivity contribution in [3.05, 3.63) is 418 Å². The average Bonchev–Trinajstić information content (AvgIpc) is 1.60. The van der Waals surface area contributed by atoms with Crippen molar-refractivity contribution in [1.29, 1.82) is 0 Å². The summed E-state index contributed by atoms with van der Waals surface area (Å²) >= 11 is 0. The van der Waals surface area contributed by atoms with Gasteiger partial charge in [0.15, 0.2) is 23.3 Å². The summed E-state index contributed by atoms with van der Waals surface area (Å²) in [4.78, 5) is 46.3. The highest BCUT2D eigenvalue weighted by Gasteiger charge is 2.17. The van der Waals surface area contributed by atoms with Crippen LogP contribution in [0.2, 0.25) is 0 Å². The van der Waals surface area contributed by atoms with Crippen LogP contribution in [0.4, 0.5) is 0 Å². The zero-order valence-corrected chi connectivity index (χ0v) is 62.9. The Hall–Kier alpha value is -14.9. The van der Waals surface area contributed by atoms with Crippen LogP contribution in [-0.4, -0.2) is 54.4 Å². The molecule has 540 valence electrons. The number of hydrogen-bond donors (Lipinski definition) is 0. The van der Waals surface area contributed by atoms with Crippen molar-refractivity contribution < 1.29 is 0 Å². The zero-order valence-electron chi connectivity index (χ0n) is 62.9. The Morgan fingerprint density at radius 1 is 0.159 bits per heavy atom. The quantitative estimate of drug-likeness (QED) is 0.110. The Balaban J connectivity index is 0.000000114. The summed E-state index contributed by atoms with van der Waals surface area (Å²) in [5.41, 5.74) is 24.3. The molecule has 14 aromatic carbocycles. The molecule has 19 aromatic rings. The summed E-state index contributed by atoms with van der Waals surface area (Å²) in [6.45, 7) is 7.70. The van der Waals surface area contributed by atoms with Crippen LogP contribution < -0.4 is 0 Å². The maximum Gasteiger partial charge on any atom is 0.163 e. The van der Waals surface area contributed by atoms with Gasteiger partial charge in [-0.1, -0.05) is 370 Å². The van der Waals surface area contributed by atoms with Crippen LogP contribution in [-0.2, 0) is 0 Å². The minimum absolute atomic E-state index is 0.689. The number of aryl methyl sites for hydroxylation is 4. The summed E-state index contributed by atoms with van der Waals surface area (Å²) in [6.07, 6.45) is 0. The van der Waals surface area contributed by atoms with E-state index in [2.05, 4.69) is 323 Å². The number of rotatable bonds is 13. The second kappa shape index (κ2) is 34.1. The number of hydrogen-bond acceptors (Lipinski definition) is 10. The predicted octanol–water partition coefficient (Wildman–Crippen LogP) is 25.0. The Morgan fingerprint density at radius 3 is 0.655 bits per heavy atom. The molecule has 19 rings (SSSR count). The van der Waals surface area contributed by atoms with Crippen LogP contribution in [0.25, 0.3) is 163 Å². The van der Waals surface area contributed by atoms with Gasteiger partial charge in [-0.15, -0.1) is 0 Å². The molecule has 0 saturated heterocycles. The molecule has 113 heavy (non-hydrogen) atoms. The summed E-state index contributed by atoms with van der Waals surface area (Å²) in [5.74, 6) is 6.64. The minimum atomic E-state index is 0.689. The van der Waals surface area contributed by atoms with E-state index in [0.29, 0.717) is 29.1 Å². The van der Waals surface area contributed by atoms with Gasteiger partial charge in [0.05, 0.1) is 28.1 Å². The molecule has 0 aliphatic heterocycles. The van der Waals surface area contributed by atoms with E-state index in [-0.39, 0.29) is 0 Å². The van der Waals surface area contributed by atoms with Crippen LogP contribution in [0.5, 0.6) is 0 Å². The van der Waals surface area contributed by atoms with Crippen LogP contribution in [0, 0.1) is 27.7 Å². The highest BCUT2D eigenvalue weighted by molar-refractivity contribution is 6.09. The molecule has 0 atom stereocenters. The molecule has 0 aliphatic carbocycles. The fraction of sp³-hybridized carbons (Fsp3) is 0.0392. The van der Waals surface area contributed by atoms with E-state index in [9.17, 15) is 0 Å². The Morgan fingerprint density at radius 2 is 0.354 bits per heavy atom. The fourth-order valence-corrected chi connectivity index (χ4v) is 13.8. The van der Waals surface area contributed by atoms with Gasteiger partial charge in [0.2, 0.25) is 0 Å². The number of fused-ring (bicyclic) bond motifs is 3. The molecule has 0 unspecified atom stereocenters. The van der Waals surface area contributed by atoms with E-state index in [4.69, 9.17) is 9.97 Å². The average molecular weight is 1460 g/mol. The Labute approximate surface area is 658 Å². The van der Waals surface area contributed by atoms with Crippen molar-refractivity contribution in [2.75, 3.05) is 0 Å². The lowest BCUT2D eigenvalue weighted by atomic mass is 10.0. The molecule has 0 bridgehead atoms. The van der Waals surface area contributed by atoms with Crippen molar-refractivity contribution in [1.82, 2.24) is 54.4 Å². The molecule has 0 aliphatic rings. The Kier molecular flexibility index (Phi) is 21.8. The molecule has 11 heteroatoms. The van der Waals surface area contributed by atoms with Gasteiger partial charge in [-0.25, -0.2) is 49.8 Å². The minimum Gasteiger partial charge on any atom is -0.294 e. The zero-order chi connectivity index (χ0) is 76.7. The number of benzene rings is 14. The summed E-state index contributed by atoms with van der Waals surface area (Å²) in [5, 5.41) is 2.47. The normalized spacial score (nSPS) is 10.8. The second-order valence-electron chi connectivity index (χ2n) is 27.2. The third-order valence-electron chi connectivity index (χ3n) is 19.4. The van der Waals surface area contributed by atoms with Gasteiger partial charge >= 0.3 is 0 Å². The molecule has 11 nitrogen and oxygen atoms in total. The first-order valence-electron chi connectivity index (χ1n) is 37.7. The predicted molar refractivity (Wildman–Crippen MR) is 462 cm³/mol. The highest BCUT2D eigenvalue weighted by atomic mass is 15.1. The first-order chi connectivity index (χ1) is 55.6. The van der Waals surface area contributed by atoms with E-state index in [1.165, 1.54) is 66.4 Å². The van der Waals surface area contributed by atoms with Crippen molar-refractivity contribution in [3.63, 3.8) is 0 Å². The summed E-state index contributed by atoms with van der Waals surface area (Å²) in [6, 6.07) is 135. The number of nitrogens with zero attached hydrogens (tertiary/aromatic N) is 11. The van der Waals surface area contributed by atoms with Crippen molar-refractivity contribution in [2.45, 2.75) is 27.7 Å². The van der Waals surface area contributed by atoms with Crippen LogP contribution in [0.3, 0.4) is 0 Å². The molecule has 5 heterocycles. The molecule has 0 spiro atoms. The maximum absolute atomic E-state index is 4.76. The first-order valence-corrected chi connectivity index (χ1v) is 37.7. The van der Waals surface area contributed by atoms with Gasteiger partial charge in [0, 0.05) is 55.8 Å². The number of aromatic nitrogens is 11. The van der Waals surface area contributed by atoms with E-state index < -0.39 is 0 Å². The van der Waals surface area contributed by atoms with E-state index in [1.807, 2.05) is 143 Å². The van der Waals surface area contributed by atoms with Gasteiger partial charge in [-0.05, 0) is 102 Å². The lowest BCUT2D eigenvalue weighted by molar-refractivity contribution is 0.985. The molecule has 0 amide bonds. The van der Waals surface area contributed by atoms with Gasteiger partial charge in [0.25, 0.3) is 0 Å². The molecule has 0 fully saturated rings. The molecule has 0 saturated carbocycles. The first kappa shape index (κ1) is 72.3. The molecule has 5 aromatic heterocycles. The van der Waals surface area contributed by atoms with Gasteiger partial charge in [0.1, 0.15) is 29.1 Å². The lowest BCUT2D eigenvalue weighted by Crippen LogP contribution is -2.02. The lowest BCUT2D eigenvalue weighted by Gasteiger charge is -2.10. The standard InChI is InChI=1S/C29H22N2.C28H21N3.C23H17N3.C22H17N3/c1-21-30-28(26-16-12-24(13-17-26)22-8-4-2-5-9-22)20-29(31-21)27-18-14-25(15-19-27)23-10-6-3-7-11-23;1-20-29-27(25-16-12-23(13-17-25)21-8-4-2-5-9-21)31-28(30-20)26-18-14-24(15-19-26)22-10-6-3-7-11-22;1-16-24-20(17-9-3-2-4-10-17)15-23(25-16)26-21-13-7-5-11-18(21)19-12-6-8-14-22(19)26;1-16-23-21(19-10-6-3-7-11-19)25-22(24-16)20-14-12-18(13-15-20)17-8-4-2-5-9-17/h2-20H,1H3;2-19H,1H3;2-15H,1H3;2-15H,1H3. The Bertz CT molecular complexity index is 5910. The monoisotopic (exact) mass is 1460 g/mol. The molecular formula is C102H77N11. The van der Waals surface area contributed by atoms with Crippen LogP contribution in [0.15, 0.2) is 394 Å². The van der Waals surface area contributed by atoms with Crippen molar-refractivity contribution >= 4 is 21.8 Å². The van der Waals surface area contributed by atoms with Gasteiger partial charge in [-0.2, -0.15) is 0 Å². The summed E-state index contributed by atoms with van der Waals surface area (Å²) < 4.78 is 2.23. The largest absolute Gasteiger partial charge is 0.294 e. The fourth-order valence-electron chi connectivity index (χ4n) is 13.8. The topological polar surface area (TPSA) is 134 Å². The van der Waals surface area contributed by atoms with Gasteiger partial charge < -0.3 is 0 Å². The molecule has 0 N–H and O–H groups in total. The van der Waals surface area contributed by atoms with Crippen molar-refractivity contribution in [2.24, 2.45) is 0 Å². The second-order valence-corrected chi connectivity index (χ2v) is 27.2. The number of para-hydroxylation sites is 2. The highest BCUT2D eigenvalue weighted by Crippen LogP contribution is 2.35. The third kappa shape index (κ3) is 17.3. The smallest absolute Gasteiger partial charge is 0.163 e. The van der Waals surface area contributed by atoms with E-state index >= 15 is 0 Å². The summed E-state index contributed by atoms with van der Waals surface area (Å²) in [7, 11) is 0. The molecule has 0 radical (unpaired) electrons. The van der Waals surface area contributed by atoms with Gasteiger partial charge in [-0.3, -0.25) is 4.57 Å².